The van der Waals surface area contributed by atoms with Crippen molar-refractivity contribution >= 4 is 43.8 Å². The molecule has 138 valence electrons. The zero-order valence-corrected chi connectivity index (χ0v) is 16.0. The summed E-state index contributed by atoms with van der Waals surface area (Å²) in [7, 11) is -3.58. The van der Waals surface area contributed by atoms with Crippen LogP contribution in [0.3, 0.4) is 0 Å². The lowest BCUT2D eigenvalue weighted by atomic mass is 9.97. The molecule has 5 rings (SSSR count). The Bertz CT molecular complexity index is 1190. The normalized spacial score (nSPS) is 17.0. The Balaban J connectivity index is 1.39. The number of hydrogen-bond acceptors (Lipinski definition) is 6. The number of piperidine rings is 1. The number of aromatic amines is 1. The van der Waals surface area contributed by atoms with Gasteiger partial charge < -0.3 is 4.98 Å². The number of aromatic nitrogens is 4. The van der Waals surface area contributed by atoms with Crippen LogP contribution in [-0.4, -0.2) is 44.5 Å². The number of sulfonamides is 1. The summed E-state index contributed by atoms with van der Waals surface area (Å²) in [6, 6.07) is 13.1. The average Bonchev–Trinajstić information content (AvgIpc) is 3.34. The molecule has 1 aliphatic heterocycles. The van der Waals surface area contributed by atoms with E-state index in [1.807, 2.05) is 24.3 Å². The first-order valence-electron chi connectivity index (χ1n) is 8.79. The number of para-hydroxylation sites is 2. The molecule has 4 aromatic rings. The zero-order chi connectivity index (χ0) is 18.4. The minimum absolute atomic E-state index is 0.237. The molecule has 27 heavy (non-hydrogen) atoms. The predicted molar refractivity (Wildman–Crippen MR) is 104 cm³/mol. The van der Waals surface area contributed by atoms with E-state index in [4.69, 9.17) is 0 Å². The van der Waals surface area contributed by atoms with Gasteiger partial charge >= 0.3 is 0 Å². The standard InChI is InChI=1S/C18H17N5O2S2/c24-27(25,16-7-3-6-15-17(16)22-26-21-15)23-10-8-12(9-11-23)18-19-13-4-1-2-5-14(13)20-18/h1-7,12H,8-11H2,(H,19,20). The molecule has 7 nitrogen and oxygen atoms in total. The Kier molecular flexibility index (Phi) is 3.96. The summed E-state index contributed by atoms with van der Waals surface area (Å²) in [5.41, 5.74) is 3.05. The summed E-state index contributed by atoms with van der Waals surface area (Å²) in [4.78, 5) is 8.30. The van der Waals surface area contributed by atoms with Crippen LogP contribution in [0.4, 0.5) is 0 Å². The summed E-state index contributed by atoms with van der Waals surface area (Å²) in [6.07, 6.45) is 1.48. The van der Waals surface area contributed by atoms with Gasteiger partial charge in [0.15, 0.2) is 0 Å². The van der Waals surface area contributed by atoms with E-state index in [1.54, 1.807) is 22.5 Å². The molecule has 0 aliphatic carbocycles. The second-order valence-corrected chi connectivity index (χ2v) is 9.14. The smallest absolute Gasteiger partial charge is 0.245 e. The van der Waals surface area contributed by atoms with Gasteiger partial charge in [-0.15, -0.1) is 0 Å². The molecule has 1 fully saturated rings. The van der Waals surface area contributed by atoms with E-state index in [0.29, 0.717) is 24.1 Å². The Morgan fingerprint density at radius 1 is 1.00 bits per heavy atom. The van der Waals surface area contributed by atoms with Crippen molar-refractivity contribution in [1.29, 1.82) is 0 Å². The highest BCUT2D eigenvalue weighted by atomic mass is 32.2. The van der Waals surface area contributed by atoms with Gasteiger partial charge in [-0.1, -0.05) is 18.2 Å². The number of hydrogen-bond donors (Lipinski definition) is 1. The summed E-state index contributed by atoms with van der Waals surface area (Å²) < 4.78 is 36.1. The molecule has 0 amide bonds. The Labute approximate surface area is 160 Å². The Hall–Kier alpha value is -2.36. The van der Waals surface area contributed by atoms with Crippen molar-refractivity contribution in [2.75, 3.05) is 13.1 Å². The summed E-state index contributed by atoms with van der Waals surface area (Å²) >= 11 is 1.03. The first-order valence-corrected chi connectivity index (χ1v) is 11.0. The lowest BCUT2D eigenvalue weighted by Crippen LogP contribution is -2.38. The Morgan fingerprint density at radius 2 is 1.78 bits per heavy atom. The third kappa shape index (κ3) is 2.82. The van der Waals surface area contributed by atoms with Crippen LogP contribution in [-0.2, 0) is 10.0 Å². The monoisotopic (exact) mass is 399 g/mol. The molecule has 0 saturated carbocycles. The molecule has 2 aromatic heterocycles. The van der Waals surface area contributed by atoms with Gasteiger partial charge in [-0.25, -0.2) is 13.4 Å². The van der Waals surface area contributed by atoms with Gasteiger partial charge in [0.25, 0.3) is 0 Å². The van der Waals surface area contributed by atoms with Crippen LogP contribution in [0.2, 0.25) is 0 Å². The molecule has 0 radical (unpaired) electrons. The van der Waals surface area contributed by atoms with Crippen LogP contribution in [0.25, 0.3) is 22.1 Å². The lowest BCUT2D eigenvalue weighted by molar-refractivity contribution is 0.314. The van der Waals surface area contributed by atoms with Gasteiger partial charge in [0, 0.05) is 19.0 Å². The van der Waals surface area contributed by atoms with Crippen molar-refractivity contribution in [2.45, 2.75) is 23.7 Å². The van der Waals surface area contributed by atoms with Gasteiger partial charge in [-0.2, -0.15) is 13.1 Å². The fraction of sp³-hybridized carbons (Fsp3) is 0.278. The number of H-pyrrole nitrogens is 1. The Morgan fingerprint density at radius 3 is 2.59 bits per heavy atom. The lowest BCUT2D eigenvalue weighted by Gasteiger charge is -2.30. The van der Waals surface area contributed by atoms with E-state index < -0.39 is 10.0 Å². The van der Waals surface area contributed by atoms with Crippen LogP contribution < -0.4 is 0 Å². The number of nitrogens with one attached hydrogen (secondary N) is 1. The molecule has 0 atom stereocenters. The molecule has 0 bridgehead atoms. The highest BCUT2D eigenvalue weighted by Crippen LogP contribution is 2.32. The van der Waals surface area contributed by atoms with Crippen molar-refractivity contribution in [3.8, 4) is 0 Å². The number of benzene rings is 2. The molecule has 1 saturated heterocycles. The van der Waals surface area contributed by atoms with E-state index >= 15 is 0 Å². The fourth-order valence-electron chi connectivity index (χ4n) is 3.66. The molecule has 0 unspecified atom stereocenters. The number of rotatable bonds is 3. The maximum Gasteiger partial charge on any atom is 0.245 e. The van der Waals surface area contributed by atoms with E-state index in [0.717, 1.165) is 41.4 Å². The second-order valence-electron chi connectivity index (χ2n) is 6.71. The molecule has 0 spiro atoms. The van der Waals surface area contributed by atoms with Crippen molar-refractivity contribution in [2.24, 2.45) is 0 Å². The molecule has 2 aromatic carbocycles. The fourth-order valence-corrected chi connectivity index (χ4v) is 5.89. The summed E-state index contributed by atoms with van der Waals surface area (Å²) in [5, 5.41) is 0. The first kappa shape index (κ1) is 16.8. The van der Waals surface area contributed by atoms with Gasteiger partial charge in [-0.3, -0.25) is 0 Å². The van der Waals surface area contributed by atoms with Crippen LogP contribution in [0.1, 0.15) is 24.6 Å². The third-order valence-electron chi connectivity index (χ3n) is 5.12. The topological polar surface area (TPSA) is 91.8 Å². The van der Waals surface area contributed by atoms with Gasteiger partial charge in [0.2, 0.25) is 10.0 Å². The molecular formula is C18H17N5O2S2. The zero-order valence-electron chi connectivity index (χ0n) is 14.4. The molecule has 3 heterocycles. The van der Waals surface area contributed by atoms with Crippen molar-refractivity contribution in [3.05, 3.63) is 48.3 Å². The van der Waals surface area contributed by atoms with E-state index in [9.17, 15) is 8.42 Å². The molecule has 1 N–H and O–H groups in total. The van der Waals surface area contributed by atoms with Gasteiger partial charge in [0.1, 0.15) is 21.8 Å². The summed E-state index contributed by atoms with van der Waals surface area (Å²) in [5.74, 6) is 1.18. The minimum Gasteiger partial charge on any atom is -0.342 e. The van der Waals surface area contributed by atoms with Crippen LogP contribution >= 0.6 is 11.7 Å². The maximum atomic E-state index is 13.1. The molecular weight excluding hydrogens is 382 g/mol. The second kappa shape index (κ2) is 6.36. The van der Waals surface area contributed by atoms with Crippen LogP contribution in [0.15, 0.2) is 47.4 Å². The quantitative estimate of drug-likeness (QED) is 0.571. The highest BCUT2D eigenvalue weighted by molar-refractivity contribution is 7.89. The van der Waals surface area contributed by atoms with E-state index in [2.05, 4.69) is 18.7 Å². The maximum absolute atomic E-state index is 13.1. The average molecular weight is 400 g/mol. The largest absolute Gasteiger partial charge is 0.342 e. The first-order chi connectivity index (χ1) is 13.1. The van der Waals surface area contributed by atoms with Crippen molar-refractivity contribution < 1.29 is 8.42 Å². The minimum atomic E-state index is -3.58. The SMILES string of the molecule is O=S(=O)(c1cccc2nsnc12)N1CCC(c2nc3ccccc3[nH]2)CC1. The van der Waals surface area contributed by atoms with E-state index in [-0.39, 0.29) is 10.8 Å². The third-order valence-corrected chi connectivity index (χ3v) is 7.59. The molecule has 1 aliphatic rings. The summed E-state index contributed by atoms with van der Waals surface area (Å²) in [6.45, 7) is 0.940. The number of fused-ring (bicyclic) bond motifs is 2. The van der Waals surface area contributed by atoms with Crippen LogP contribution in [0, 0.1) is 0 Å². The number of imidazole rings is 1. The van der Waals surface area contributed by atoms with Crippen molar-refractivity contribution in [1.82, 2.24) is 23.0 Å². The van der Waals surface area contributed by atoms with Gasteiger partial charge in [-0.05, 0) is 37.1 Å². The van der Waals surface area contributed by atoms with Crippen molar-refractivity contribution in [3.63, 3.8) is 0 Å². The molecule has 9 heteroatoms. The van der Waals surface area contributed by atoms with Crippen LogP contribution in [0.5, 0.6) is 0 Å². The number of nitrogens with zero attached hydrogens (tertiary/aromatic N) is 4. The van der Waals surface area contributed by atoms with Gasteiger partial charge in [0.05, 0.1) is 22.8 Å². The highest BCUT2D eigenvalue weighted by Gasteiger charge is 2.32. The predicted octanol–water partition coefficient (Wildman–Crippen LogP) is 3.14. The van der Waals surface area contributed by atoms with E-state index in [1.165, 1.54) is 0 Å².